The topological polar surface area (TPSA) is 48.8 Å². The predicted molar refractivity (Wildman–Crippen MR) is 143 cm³/mol. The molecule has 0 bridgehead atoms. The number of hydrogen-bond acceptors (Lipinski definition) is 5. The van der Waals surface area contributed by atoms with E-state index >= 15 is 0 Å². The summed E-state index contributed by atoms with van der Waals surface area (Å²) in [6, 6.07) is 24.1. The zero-order chi connectivity index (χ0) is 25.1. The van der Waals surface area contributed by atoms with Crippen molar-refractivity contribution in [2.45, 2.75) is 44.8 Å². The van der Waals surface area contributed by atoms with Gasteiger partial charge in [0.15, 0.2) is 11.5 Å². The van der Waals surface area contributed by atoms with Gasteiger partial charge in [-0.3, -0.25) is 4.90 Å². The Hall–Kier alpha value is -3.77. The van der Waals surface area contributed by atoms with Gasteiger partial charge in [-0.05, 0) is 59.4 Å². The summed E-state index contributed by atoms with van der Waals surface area (Å²) in [5.74, 6) is 2.63. The van der Waals surface area contributed by atoms with Crippen molar-refractivity contribution in [2.24, 2.45) is 0 Å². The molecule has 190 valence electrons. The van der Waals surface area contributed by atoms with Gasteiger partial charge in [-0.1, -0.05) is 55.8 Å². The molecule has 0 saturated carbocycles. The van der Waals surface area contributed by atoms with Crippen LogP contribution in [0.1, 0.15) is 42.0 Å². The van der Waals surface area contributed by atoms with E-state index in [0.717, 1.165) is 62.8 Å². The number of hydrogen-bond donors (Lipinski definition) is 0. The number of rotatable bonds is 10. The lowest BCUT2D eigenvalue weighted by Crippen LogP contribution is -2.50. The average molecular weight is 496 g/mol. The number of benzene rings is 3. The minimum Gasteiger partial charge on any atom is -0.493 e. The van der Waals surface area contributed by atoms with Crippen molar-refractivity contribution in [1.82, 2.24) is 14.5 Å². The van der Waals surface area contributed by atoms with Crippen LogP contribution in [0, 0.1) is 0 Å². The zero-order valence-electron chi connectivity index (χ0n) is 21.3. The molecule has 2 aliphatic heterocycles. The molecule has 0 saturated heterocycles. The van der Waals surface area contributed by atoms with E-state index in [0.29, 0.717) is 0 Å². The average Bonchev–Trinajstić information content (AvgIpc) is 3.71. The Bertz CT molecular complexity index is 1340. The van der Waals surface area contributed by atoms with Crippen LogP contribution in [-0.2, 0) is 25.0 Å². The van der Waals surface area contributed by atoms with Gasteiger partial charge in [0.2, 0.25) is 6.79 Å². The molecule has 3 heterocycles. The first-order valence-electron chi connectivity index (χ1n) is 13.2. The Labute approximate surface area is 218 Å². The van der Waals surface area contributed by atoms with E-state index in [9.17, 15) is 0 Å². The molecule has 6 nitrogen and oxygen atoms in total. The van der Waals surface area contributed by atoms with Gasteiger partial charge in [0.05, 0.1) is 25.1 Å². The minimum atomic E-state index is -0.425. The number of aromatic nitrogens is 2. The summed E-state index contributed by atoms with van der Waals surface area (Å²) in [4.78, 5) is 6.96. The maximum Gasteiger partial charge on any atom is 0.231 e. The van der Waals surface area contributed by atoms with Crippen molar-refractivity contribution in [3.05, 3.63) is 108 Å². The first-order valence-corrected chi connectivity index (χ1v) is 13.2. The highest BCUT2D eigenvalue weighted by molar-refractivity contribution is 5.50. The van der Waals surface area contributed by atoms with Gasteiger partial charge in [-0.25, -0.2) is 4.98 Å². The summed E-state index contributed by atoms with van der Waals surface area (Å²) in [7, 11) is 0. The highest BCUT2D eigenvalue weighted by atomic mass is 16.7. The fraction of sp³-hybridized carbons (Fsp3) is 0.323. The lowest BCUT2D eigenvalue weighted by molar-refractivity contribution is 0.0813. The van der Waals surface area contributed by atoms with Crippen LogP contribution >= 0.6 is 0 Å². The third kappa shape index (κ3) is 4.58. The van der Waals surface area contributed by atoms with E-state index in [1.165, 1.54) is 22.3 Å². The number of fused-ring (bicyclic) bond motifs is 2. The minimum absolute atomic E-state index is 0.274. The van der Waals surface area contributed by atoms with Gasteiger partial charge >= 0.3 is 0 Å². The Balaban J connectivity index is 1.55. The third-order valence-electron chi connectivity index (χ3n) is 7.53. The van der Waals surface area contributed by atoms with Crippen molar-refractivity contribution >= 4 is 0 Å². The summed E-state index contributed by atoms with van der Waals surface area (Å²) in [5, 5.41) is 0. The van der Waals surface area contributed by atoms with Crippen molar-refractivity contribution in [3.63, 3.8) is 0 Å². The third-order valence-corrected chi connectivity index (χ3v) is 7.53. The molecule has 0 N–H and O–H groups in total. The second kappa shape index (κ2) is 10.3. The molecule has 1 unspecified atom stereocenters. The van der Waals surface area contributed by atoms with Gasteiger partial charge < -0.3 is 18.8 Å². The normalized spacial score (nSPS) is 15.4. The Kier molecular flexibility index (Phi) is 6.58. The van der Waals surface area contributed by atoms with Crippen LogP contribution in [0.5, 0.6) is 17.2 Å². The molecule has 1 aromatic heterocycles. The van der Waals surface area contributed by atoms with E-state index in [-0.39, 0.29) is 6.79 Å². The first kappa shape index (κ1) is 23.6. The number of unbranched alkanes of at least 4 members (excludes halogenated alkanes) is 1. The molecule has 0 amide bonds. The van der Waals surface area contributed by atoms with Gasteiger partial charge in [-0.15, -0.1) is 0 Å². The highest BCUT2D eigenvalue weighted by Gasteiger charge is 2.41. The monoisotopic (exact) mass is 495 g/mol. The quantitative estimate of drug-likeness (QED) is 0.279. The molecule has 2 aliphatic rings. The van der Waals surface area contributed by atoms with E-state index < -0.39 is 5.54 Å². The predicted octanol–water partition coefficient (Wildman–Crippen LogP) is 5.79. The molecule has 0 aliphatic carbocycles. The van der Waals surface area contributed by atoms with E-state index in [4.69, 9.17) is 14.2 Å². The Morgan fingerprint density at radius 2 is 1.78 bits per heavy atom. The van der Waals surface area contributed by atoms with Crippen LogP contribution in [0.15, 0.2) is 85.5 Å². The summed E-state index contributed by atoms with van der Waals surface area (Å²) in [5.41, 5.74) is 4.60. The summed E-state index contributed by atoms with van der Waals surface area (Å²) >= 11 is 0. The highest BCUT2D eigenvalue weighted by Crippen LogP contribution is 2.43. The molecule has 6 rings (SSSR count). The number of imidazole rings is 1. The van der Waals surface area contributed by atoms with Gasteiger partial charge in [0.1, 0.15) is 5.75 Å². The summed E-state index contributed by atoms with van der Waals surface area (Å²) < 4.78 is 19.5. The Morgan fingerprint density at radius 3 is 2.62 bits per heavy atom. The molecule has 3 aromatic carbocycles. The molecule has 6 heteroatoms. The molecule has 37 heavy (non-hydrogen) atoms. The van der Waals surface area contributed by atoms with Crippen LogP contribution in [0.25, 0.3) is 0 Å². The molecule has 0 radical (unpaired) electrons. The molecular weight excluding hydrogens is 462 g/mol. The van der Waals surface area contributed by atoms with Crippen molar-refractivity contribution in [1.29, 1.82) is 0 Å². The van der Waals surface area contributed by atoms with Gasteiger partial charge in [-0.2, -0.15) is 0 Å². The molecule has 4 aromatic rings. The smallest absolute Gasteiger partial charge is 0.231 e. The summed E-state index contributed by atoms with van der Waals surface area (Å²) in [6.45, 7) is 4.95. The lowest BCUT2D eigenvalue weighted by atomic mass is 9.75. The van der Waals surface area contributed by atoms with Crippen molar-refractivity contribution in [3.8, 4) is 17.2 Å². The zero-order valence-corrected chi connectivity index (χ0v) is 21.3. The maximum absolute atomic E-state index is 5.89. The van der Waals surface area contributed by atoms with Crippen molar-refractivity contribution in [2.75, 3.05) is 19.9 Å². The van der Waals surface area contributed by atoms with Gasteiger partial charge in [0, 0.05) is 25.4 Å². The van der Waals surface area contributed by atoms with Crippen LogP contribution in [0.4, 0.5) is 0 Å². The number of nitrogens with zero attached hydrogens (tertiary/aromatic N) is 3. The van der Waals surface area contributed by atoms with E-state index in [1.807, 2.05) is 24.8 Å². The molecule has 1 atom stereocenters. The van der Waals surface area contributed by atoms with Gasteiger partial charge in [0.25, 0.3) is 0 Å². The van der Waals surface area contributed by atoms with Crippen LogP contribution in [0.2, 0.25) is 0 Å². The maximum atomic E-state index is 5.89. The van der Waals surface area contributed by atoms with Crippen LogP contribution in [-0.4, -0.2) is 34.4 Å². The Morgan fingerprint density at radius 1 is 0.919 bits per heavy atom. The summed E-state index contributed by atoms with van der Waals surface area (Å²) in [6.07, 6.45) is 9.75. The second-order valence-electron chi connectivity index (χ2n) is 9.85. The number of ether oxygens (including phenoxy) is 3. The molecule has 0 fully saturated rings. The van der Waals surface area contributed by atoms with Crippen molar-refractivity contribution < 1.29 is 14.2 Å². The standard InChI is InChI=1S/C31H33N3O3/c1-2-3-15-34(22-33-16-14-32-21-33)31(26-7-5-4-6-8-26,27-10-12-28-25(19-27)13-17-35-28)20-24-9-11-29-30(18-24)37-23-36-29/h4-12,14,16,18-19,21H,2-3,13,15,17,20,22-23H2,1H3. The van der Waals surface area contributed by atoms with Crippen LogP contribution < -0.4 is 14.2 Å². The largest absolute Gasteiger partial charge is 0.493 e. The van der Waals surface area contributed by atoms with Crippen LogP contribution in [0.3, 0.4) is 0 Å². The first-order chi connectivity index (χ1) is 18.3. The van der Waals surface area contributed by atoms with E-state index in [1.54, 1.807) is 0 Å². The second-order valence-corrected chi connectivity index (χ2v) is 9.85. The lowest BCUT2D eigenvalue weighted by Gasteiger charge is -2.46. The van der Waals surface area contributed by atoms with E-state index in [2.05, 4.69) is 82.0 Å². The SMILES string of the molecule is CCCCN(Cn1ccnc1)C(Cc1ccc2c(c1)OCO2)(c1ccccc1)c1ccc2c(c1)CCO2. The fourth-order valence-electron chi connectivity index (χ4n) is 5.65. The fourth-order valence-corrected chi connectivity index (χ4v) is 5.65. The molecular formula is C31H33N3O3. The molecule has 0 spiro atoms.